The van der Waals surface area contributed by atoms with E-state index in [2.05, 4.69) is 4.98 Å². The second-order valence-electron chi connectivity index (χ2n) is 8.02. The fraction of sp³-hybridized carbons (Fsp3) is 0.348. The van der Waals surface area contributed by atoms with Gasteiger partial charge in [-0.15, -0.1) is 11.3 Å². The van der Waals surface area contributed by atoms with E-state index in [9.17, 15) is 19.1 Å². The van der Waals surface area contributed by atoms with E-state index < -0.39 is 11.2 Å². The number of thiazole rings is 1. The second-order valence-corrected chi connectivity index (χ2v) is 9.14. The molecule has 6 nitrogen and oxygen atoms in total. The highest BCUT2D eigenvalue weighted by molar-refractivity contribution is 7.15. The van der Waals surface area contributed by atoms with Crippen LogP contribution in [0.4, 0.5) is 4.39 Å². The van der Waals surface area contributed by atoms with Crippen LogP contribution in [-0.2, 0) is 6.42 Å². The molecule has 4 rings (SSSR count). The first kappa shape index (κ1) is 21.2. The van der Waals surface area contributed by atoms with Crippen molar-refractivity contribution in [1.29, 1.82) is 0 Å². The van der Waals surface area contributed by atoms with Crippen LogP contribution in [0.15, 0.2) is 41.5 Å². The third-order valence-electron chi connectivity index (χ3n) is 5.64. The highest BCUT2D eigenvalue weighted by Crippen LogP contribution is 2.33. The molecule has 1 atom stereocenters. The minimum Gasteiger partial charge on any atom is -0.503 e. The Hall–Kier alpha value is -3.00. The summed E-state index contributed by atoms with van der Waals surface area (Å²) in [4.78, 5) is 32.9. The number of aromatic hydroxyl groups is 1. The number of fused-ring (bicyclic) bond motifs is 1. The van der Waals surface area contributed by atoms with Crippen molar-refractivity contribution in [3.8, 4) is 16.3 Å². The molecule has 3 aromatic rings. The molecule has 162 valence electrons. The van der Waals surface area contributed by atoms with Gasteiger partial charge in [0.05, 0.1) is 11.6 Å². The normalized spacial score (nSPS) is 16.1. The maximum Gasteiger partial charge on any atom is 0.274 e. The number of hydrogen-bond acceptors (Lipinski definition) is 5. The van der Waals surface area contributed by atoms with E-state index in [1.807, 2.05) is 20.8 Å². The van der Waals surface area contributed by atoms with Crippen LogP contribution in [-0.4, -0.2) is 38.1 Å². The van der Waals surface area contributed by atoms with Crippen LogP contribution >= 0.6 is 11.3 Å². The standard InChI is InChI=1S/C23H24FN3O3S/c1-4-16-11-26(13(2)3)23(30)19-21(29)20(28)18(12-27(16)19)22-25-10-17(31-22)9-14-5-7-15(24)8-6-14/h5-8,10,12-13,16,29H,4,9,11H2,1-3H3. The summed E-state index contributed by atoms with van der Waals surface area (Å²) in [6.45, 7) is 6.38. The van der Waals surface area contributed by atoms with Crippen molar-refractivity contribution in [1.82, 2.24) is 14.5 Å². The molecule has 1 aromatic carbocycles. The van der Waals surface area contributed by atoms with Gasteiger partial charge in [0.1, 0.15) is 10.8 Å². The van der Waals surface area contributed by atoms with E-state index >= 15 is 0 Å². The van der Waals surface area contributed by atoms with Crippen molar-refractivity contribution >= 4 is 17.2 Å². The fourth-order valence-corrected chi connectivity index (χ4v) is 4.85. The predicted octanol–water partition coefficient (Wildman–Crippen LogP) is 4.22. The third kappa shape index (κ3) is 3.87. The third-order valence-corrected chi connectivity index (χ3v) is 6.68. The summed E-state index contributed by atoms with van der Waals surface area (Å²) in [5.41, 5.74) is 0.666. The zero-order chi connectivity index (χ0) is 22.3. The molecule has 8 heteroatoms. The molecule has 1 aliphatic heterocycles. The first-order chi connectivity index (χ1) is 14.8. The lowest BCUT2D eigenvalue weighted by Gasteiger charge is -2.38. The van der Waals surface area contributed by atoms with Crippen LogP contribution in [0.3, 0.4) is 0 Å². The fourth-order valence-electron chi connectivity index (χ4n) is 3.89. The molecular formula is C23H24FN3O3S. The van der Waals surface area contributed by atoms with Crippen molar-refractivity contribution in [3.63, 3.8) is 0 Å². The first-order valence-electron chi connectivity index (χ1n) is 10.3. The van der Waals surface area contributed by atoms with Gasteiger partial charge in [-0.1, -0.05) is 19.1 Å². The number of pyridine rings is 1. The lowest BCUT2D eigenvalue weighted by molar-refractivity contribution is 0.0596. The minimum atomic E-state index is -0.595. The Morgan fingerprint density at radius 2 is 1.97 bits per heavy atom. The van der Waals surface area contributed by atoms with Crippen LogP contribution in [0.25, 0.3) is 10.6 Å². The number of carbonyl (C=O) groups is 1. The molecule has 1 N–H and O–H groups in total. The van der Waals surface area contributed by atoms with E-state index in [1.165, 1.54) is 23.5 Å². The van der Waals surface area contributed by atoms with Crippen LogP contribution in [0, 0.1) is 5.82 Å². The molecule has 1 amide bonds. The minimum absolute atomic E-state index is 0.0301. The second kappa shape index (κ2) is 8.26. The SMILES string of the molecule is CCC1CN(C(C)C)C(=O)c2c(O)c(=O)c(-c3ncc(Cc4ccc(F)cc4)s3)cn21. The Kier molecular flexibility index (Phi) is 5.66. The van der Waals surface area contributed by atoms with Gasteiger partial charge in [0, 0.05) is 36.3 Å². The van der Waals surface area contributed by atoms with Gasteiger partial charge in [-0.05, 0) is 38.0 Å². The number of hydrogen-bond donors (Lipinski definition) is 1. The Morgan fingerprint density at radius 1 is 1.26 bits per heavy atom. The van der Waals surface area contributed by atoms with E-state index in [0.29, 0.717) is 18.0 Å². The van der Waals surface area contributed by atoms with E-state index in [4.69, 9.17) is 0 Å². The smallest absolute Gasteiger partial charge is 0.274 e. The molecule has 2 aromatic heterocycles. The van der Waals surface area contributed by atoms with Crippen molar-refractivity contribution < 1.29 is 14.3 Å². The van der Waals surface area contributed by atoms with E-state index in [-0.39, 0.29) is 35.1 Å². The number of nitrogens with zero attached hydrogens (tertiary/aromatic N) is 3. The molecule has 31 heavy (non-hydrogen) atoms. The lowest BCUT2D eigenvalue weighted by Crippen LogP contribution is -2.47. The molecule has 0 radical (unpaired) electrons. The molecule has 0 saturated heterocycles. The Balaban J connectivity index is 1.74. The maximum absolute atomic E-state index is 13.1. The Morgan fingerprint density at radius 3 is 2.61 bits per heavy atom. The molecule has 1 aliphatic rings. The molecular weight excluding hydrogens is 417 g/mol. The van der Waals surface area contributed by atoms with Crippen molar-refractivity contribution in [2.75, 3.05) is 6.54 Å². The largest absolute Gasteiger partial charge is 0.503 e. The molecule has 1 unspecified atom stereocenters. The summed E-state index contributed by atoms with van der Waals surface area (Å²) in [5.74, 6) is -1.15. The highest BCUT2D eigenvalue weighted by atomic mass is 32.1. The number of benzene rings is 1. The first-order valence-corrected chi connectivity index (χ1v) is 11.1. The molecule has 0 aliphatic carbocycles. The maximum atomic E-state index is 13.1. The van der Waals surface area contributed by atoms with Crippen molar-refractivity contribution in [2.24, 2.45) is 0 Å². The van der Waals surface area contributed by atoms with Gasteiger partial charge >= 0.3 is 0 Å². The summed E-state index contributed by atoms with van der Waals surface area (Å²) in [6, 6.07) is 6.18. The number of carbonyl (C=O) groups excluding carboxylic acids is 1. The Labute approximate surface area is 183 Å². The summed E-state index contributed by atoms with van der Waals surface area (Å²) in [5, 5.41) is 11.2. The zero-order valence-corrected chi connectivity index (χ0v) is 18.4. The monoisotopic (exact) mass is 441 g/mol. The summed E-state index contributed by atoms with van der Waals surface area (Å²) < 4.78 is 14.9. The summed E-state index contributed by atoms with van der Waals surface area (Å²) in [7, 11) is 0. The van der Waals surface area contributed by atoms with Crippen LogP contribution in [0.5, 0.6) is 5.75 Å². The summed E-state index contributed by atoms with van der Waals surface area (Å²) in [6.07, 6.45) is 4.66. The topological polar surface area (TPSA) is 75.4 Å². The molecule has 0 bridgehead atoms. The average Bonchev–Trinajstić information content (AvgIpc) is 3.20. The molecule has 3 heterocycles. The lowest BCUT2D eigenvalue weighted by atomic mass is 10.0. The predicted molar refractivity (Wildman–Crippen MR) is 118 cm³/mol. The van der Waals surface area contributed by atoms with E-state index in [1.54, 1.807) is 34.0 Å². The summed E-state index contributed by atoms with van der Waals surface area (Å²) >= 11 is 1.35. The molecule has 0 fully saturated rings. The van der Waals surface area contributed by atoms with Crippen LogP contribution in [0.2, 0.25) is 0 Å². The zero-order valence-electron chi connectivity index (χ0n) is 17.6. The number of halogens is 1. The highest BCUT2D eigenvalue weighted by Gasteiger charge is 2.35. The molecule has 0 spiro atoms. The van der Waals surface area contributed by atoms with Gasteiger partial charge in [-0.25, -0.2) is 9.37 Å². The van der Waals surface area contributed by atoms with Gasteiger partial charge in [0.25, 0.3) is 5.91 Å². The number of amides is 1. The van der Waals surface area contributed by atoms with Crippen LogP contribution in [0.1, 0.15) is 54.2 Å². The van der Waals surface area contributed by atoms with Gasteiger partial charge in [0.2, 0.25) is 5.43 Å². The van der Waals surface area contributed by atoms with Crippen LogP contribution < -0.4 is 5.43 Å². The van der Waals surface area contributed by atoms with Gasteiger partial charge in [0.15, 0.2) is 11.4 Å². The number of aromatic nitrogens is 2. The average molecular weight is 442 g/mol. The van der Waals surface area contributed by atoms with Gasteiger partial charge in [-0.2, -0.15) is 0 Å². The van der Waals surface area contributed by atoms with Gasteiger partial charge < -0.3 is 14.6 Å². The number of rotatable bonds is 5. The quantitative estimate of drug-likeness (QED) is 0.643. The molecule has 0 saturated carbocycles. The van der Waals surface area contributed by atoms with Crippen molar-refractivity contribution in [2.45, 2.75) is 45.7 Å². The van der Waals surface area contributed by atoms with Gasteiger partial charge in [-0.3, -0.25) is 9.59 Å². The van der Waals surface area contributed by atoms with Crippen molar-refractivity contribution in [3.05, 3.63) is 68.8 Å². The van der Waals surface area contributed by atoms with E-state index in [0.717, 1.165) is 16.9 Å². The Bertz CT molecular complexity index is 1180.